The maximum atomic E-state index is 14.0. The number of aliphatic hydroxyl groups excluding tert-OH is 1. The van der Waals surface area contributed by atoms with Crippen molar-refractivity contribution in [3.8, 4) is 0 Å². The summed E-state index contributed by atoms with van der Waals surface area (Å²) in [5, 5.41) is 11.2. The summed E-state index contributed by atoms with van der Waals surface area (Å²) in [4.78, 5) is 78.4. The van der Waals surface area contributed by atoms with E-state index in [9.17, 15) is 38.4 Å². The summed E-state index contributed by atoms with van der Waals surface area (Å²) in [5.41, 5.74) is 18.8. The Morgan fingerprint density at radius 2 is 0.857 bits per heavy atom. The van der Waals surface area contributed by atoms with E-state index in [1.54, 1.807) is 0 Å². The van der Waals surface area contributed by atoms with Crippen molar-refractivity contribution in [2.24, 2.45) is 0 Å². The molecule has 0 saturated carbocycles. The standard InChI is InChI=1S/C33H44N15O19P3/c1-57-20-13(63-31(19(20)49)46-10-43-16-25(34)37-7-40-28(16)46)5-61-69(53,54)67-24-22(59-3)15(65-33(24)48-12-45-18-27(36)39-9-42-30(18)48)6-62-70(55,56)66-23-21(58-2)14(4-60-68(50,51)52)64-32(23)47-11-44-17-26(35)38-8-41-29(17)47/h7-15,19-24,31-33,49H,4-6H2,1-3H3,(H,53,54)(H,55,56)(H2,34,37,40)(H2,35,38,41)(H2,36,39,42)(H2,50,51,52)/t13-,14-,15-,19?,20-,21-,22-,23-,24-,31-,32-,33-/m1/s1. The number of phosphoric acid groups is 3. The molecule has 0 aromatic carbocycles. The maximum absolute atomic E-state index is 14.0. The van der Waals surface area contributed by atoms with E-state index in [4.69, 9.17) is 63.7 Å². The van der Waals surface area contributed by atoms with Crippen LogP contribution in [0.4, 0.5) is 17.5 Å². The molecule has 3 aliphatic rings. The molecule has 3 fully saturated rings. The van der Waals surface area contributed by atoms with Crippen LogP contribution in [0.1, 0.15) is 18.7 Å². The van der Waals surface area contributed by atoms with Crippen LogP contribution in [0, 0.1) is 0 Å². The molecule has 34 nitrogen and oxygen atoms in total. The number of ether oxygens (including phenoxy) is 6. The number of aromatic nitrogens is 12. The van der Waals surface area contributed by atoms with Gasteiger partial charge in [-0.05, 0) is 0 Å². The number of aliphatic hydroxyl groups is 1. The minimum Gasteiger partial charge on any atom is -0.386 e. The summed E-state index contributed by atoms with van der Waals surface area (Å²) >= 11 is 0. The van der Waals surface area contributed by atoms with Gasteiger partial charge < -0.3 is 70.3 Å². The van der Waals surface area contributed by atoms with Gasteiger partial charge in [0.05, 0.1) is 38.8 Å². The molecule has 9 heterocycles. The third kappa shape index (κ3) is 9.74. The van der Waals surface area contributed by atoms with Gasteiger partial charge in [0.2, 0.25) is 0 Å². The van der Waals surface area contributed by atoms with Gasteiger partial charge in [-0.25, -0.2) is 58.6 Å². The highest BCUT2D eigenvalue weighted by atomic mass is 31.2. The first kappa shape index (κ1) is 50.1. The van der Waals surface area contributed by atoms with Crippen LogP contribution >= 0.6 is 23.5 Å². The molecule has 9 rings (SSSR count). The lowest BCUT2D eigenvalue weighted by Gasteiger charge is -2.27. The van der Waals surface area contributed by atoms with Crippen molar-refractivity contribution in [1.29, 1.82) is 0 Å². The number of fused-ring (bicyclic) bond motifs is 3. The third-order valence-electron chi connectivity index (χ3n) is 11.4. The molecule has 380 valence electrons. The molecule has 6 aromatic heterocycles. The second-order valence-corrected chi connectivity index (χ2v) is 19.5. The predicted molar refractivity (Wildman–Crippen MR) is 229 cm³/mol. The molecule has 37 heteroatoms. The van der Waals surface area contributed by atoms with Crippen LogP contribution in [0.3, 0.4) is 0 Å². The Labute approximate surface area is 391 Å². The molecular formula is C33H44N15O19P3. The van der Waals surface area contributed by atoms with Gasteiger partial charge in [-0.15, -0.1) is 0 Å². The van der Waals surface area contributed by atoms with Gasteiger partial charge >= 0.3 is 23.5 Å². The van der Waals surface area contributed by atoms with E-state index in [0.29, 0.717) is 0 Å². The molecule has 11 N–H and O–H groups in total. The first-order chi connectivity index (χ1) is 33.3. The molecule has 14 atom stereocenters. The summed E-state index contributed by atoms with van der Waals surface area (Å²) in [6.45, 7) is -2.31. The van der Waals surface area contributed by atoms with Gasteiger partial charge in [0.15, 0.2) is 53.1 Å². The smallest absolute Gasteiger partial charge is 0.386 e. The molecule has 3 aliphatic heterocycles. The highest BCUT2D eigenvalue weighted by Crippen LogP contribution is 2.54. The van der Waals surface area contributed by atoms with Crippen molar-refractivity contribution in [3.63, 3.8) is 0 Å². The van der Waals surface area contributed by atoms with E-state index in [1.165, 1.54) is 60.3 Å². The highest BCUT2D eigenvalue weighted by Gasteiger charge is 2.54. The normalized spacial score (nSPS) is 30.2. The lowest BCUT2D eigenvalue weighted by atomic mass is 10.1. The first-order valence-corrected chi connectivity index (χ1v) is 24.9. The maximum Gasteiger partial charge on any atom is 0.472 e. The molecule has 3 saturated heterocycles. The Hall–Kier alpha value is -4.90. The number of phosphoric ester groups is 3. The molecule has 0 spiro atoms. The van der Waals surface area contributed by atoms with Gasteiger partial charge in [0, 0.05) is 21.3 Å². The van der Waals surface area contributed by atoms with E-state index in [0.717, 1.165) is 12.7 Å². The number of nitrogens with zero attached hydrogens (tertiary/aromatic N) is 12. The molecule has 70 heavy (non-hydrogen) atoms. The summed E-state index contributed by atoms with van der Waals surface area (Å²) in [6.07, 6.45) is -9.35. The monoisotopic (exact) mass is 1050 g/mol. The van der Waals surface area contributed by atoms with Gasteiger partial charge in [0.1, 0.15) is 90.5 Å². The second kappa shape index (κ2) is 19.6. The predicted octanol–water partition coefficient (Wildman–Crippen LogP) is -1.54. The molecule has 0 bridgehead atoms. The van der Waals surface area contributed by atoms with Crippen LogP contribution in [-0.4, -0.2) is 179 Å². The van der Waals surface area contributed by atoms with Gasteiger partial charge in [-0.2, -0.15) is 0 Å². The minimum absolute atomic E-state index is 0.0208. The Bertz CT molecular complexity index is 3000. The molecule has 0 radical (unpaired) electrons. The topological polar surface area (TPSA) is 463 Å². The van der Waals surface area contributed by atoms with Crippen molar-refractivity contribution < 1.29 is 89.4 Å². The molecular weight excluding hydrogens is 1000 g/mol. The first-order valence-electron chi connectivity index (χ1n) is 20.3. The molecule has 0 aliphatic carbocycles. The Morgan fingerprint density at radius 1 is 0.514 bits per heavy atom. The van der Waals surface area contributed by atoms with Gasteiger partial charge in [-0.3, -0.25) is 36.3 Å². The number of methoxy groups -OCH3 is 3. The molecule has 6 aromatic rings. The third-order valence-corrected chi connectivity index (χ3v) is 13.9. The summed E-state index contributed by atoms with van der Waals surface area (Å²) in [6, 6.07) is 0. The van der Waals surface area contributed by atoms with Crippen molar-refractivity contribution in [1.82, 2.24) is 58.6 Å². The quantitative estimate of drug-likeness (QED) is 0.0426. The van der Waals surface area contributed by atoms with Gasteiger partial charge in [-0.1, -0.05) is 0 Å². The summed E-state index contributed by atoms with van der Waals surface area (Å²) < 4.78 is 106. The summed E-state index contributed by atoms with van der Waals surface area (Å²) in [5.74, 6) is 0.0290. The van der Waals surface area contributed by atoms with Crippen molar-refractivity contribution in [3.05, 3.63) is 38.0 Å². The van der Waals surface area contributed by atoms with Crippen LogP contribution in [0.25, 0.3) is 33.5 Å². The van der Waals surface area contributed by atoms with Crippen LogP contribution in [0.2, 0.25) is 0 Å². The van der Waals surface area contributed by atoms with Crippen LogP contribution < -0.4 is 17.2 Å². The van der Waals surface area contributed by atoms with Crippen LogP contribution in [0.5, 0.6) is 0 Å². The zero-order chi connectivity index (χ0) is 49.9. The highest BCUT2D eigenvalue weighted by molar-refractivity contribution is 7.47. The lowest BCUT2D eigenvalue weighted by molar-refractivity contribution is -0.0659. The number of anilines is 3. The number of rotatable bonds is 19. The summed E-state index contributed by atoms with van der Waals surface area (Å²) in [7, 11) is -11.9. The van der Waals surface area contributed by atoms with Crippen LogP contribution in [-0.2, 0) is 64.7 Å². The Morgan fingerprint density at radius 3 is 1.23 bits per heavy atom. The fraction of sp³-hybridized carbons (Fsp3) is 0.545. The van der Waals surface area contributed by atoms with Crippen LogP contribution in [0.15, 0.2) is 38.0 Å². The fourth-order valence-corrected chi connectivity index (χ4v) is 10.5. The average Bonchev–Trinajstić information content (AvgIpc) is 4.17. The fourth-order valence-electron chi connectivity index (χ4n) is 8.35. The van der Waals surface area contributed by atoms with E-state index in [-0.39, 0.29) is 50.9 Å². The Balaban J connectivity index is 0.946. The number of nitrogen functional groups attached to an aromatic ring is 3. The van der Waals surface area contributed by atoms with E-state index in [1.807, 2.05) is 0 Å². The number of imidazole rings is 3. The lowest BCUT2D eigenvalue weighted by Crippen LogP contribution is -2.38. The average molecular weight is 1050 g/mol. The second-order valence-electron chi connectivity index (χ2n) is 15.5. The van der Waals surface area contributed by atoms with Crippen molar-refractivity contribution in [2.45, 2.75) is 73.6 Å². The molecule has 3 unspecified atom stereocenters. The Kier molecular flexibility index (Phi) is 14.0. The van der Waals surface area contributed by atoms with E-state index in [2.05, 4.69) is 49.4 Å². The van der Waals surface area contributed by atoms with E-state index >= 15 is 0 Å². The minimum atomic E-state index is -5.30. The zero-order valence-corrected chi connectivity index (χ0v) is 39.1. The SMILES string of the molecule is CO[C@H]1[C@@H](OP(=O)(O)OC[C@H]2O[C@@H](n3cnc4c(N)ncnc43)[C@H](OP(=O)(O)OC[C@H]3O[C@@H](n4cnc5c(N)ncnc54)C(O)[C@@H]3OC)[C@@H]2OC)[C@H](n2cnc3c(N)ncnc32)O[C@@H]1COP(=O)(O)O. The number of hydrogen-bond donors (Lipinski definition) is 8. The van der Waals surface area contributed by atoms with Gasteiger partial charge in [0.25, 0.3) is 0 Å². The van der Waals surface area contributed by atoms with Crippen molar-refractivity contribution >= 4 is 74.4 Å². The number of nitrogens with two attached hydrogens (primary N) is 3. The number of hydrogen-bond acceptors (Lipinski definition) is 27. The zero-order valence-electron chi connectivity index (χ0n) is 36.4. The molecule has 0 amide bonds. The van der Waals surface area contributed by atoms with E-state index < -0.39 is 117 Å². The largest absolute Gasteiger partial charge is 0.472 e. The van der Waals surface area contributed by atoms with Crippen molar-refractivity contribution in [2.75, 3.05) is 58.4 Å².